The highest BCUT2D eigenvalue weighted by Gasteiger charge is 2.21. The zero-order chi connectivity index (χ0) is 14.7. The molecule has 1 saturated carbocycles. The molecule has 1 heterocycles. The molecular formula is C17H21ClN2O. The van der Waals surface area contributed by atoms with E-state index in [0.29, 0.717) is 6.04 Å². The van der Waals surface area contributed by atoms with Crippen molar-refractivity contribution in [2.75, 3.05) is 7.05 Å². The van der Waals surface area contributed by atoms with Crippen LogP contribution in [0.3, 0.4) is 0 Å². The van der Waals surface area contributed by atoms with Gasteiger partial charge in [0.15, 0.2) is 0 Å². The van der Waals surface area contributed by atoms with E-state index in [4.69, 9.17) is 16.0 Å². The Labute approximate surface area is 130 Å². The van der Waals surface area contributed by atoms with Gasteiger partial charge in [-0.2, -0.15) is 0 Å². The average Bonchev–Trinajstić information content (AvgIpc) is 3.20. The van der Waals surface area contributed by atoms with Gasteiger partial charge in [0.05, 0.1) is 12.8 Å². The molecule has 3 nitrogen and oxygen atoms in total. The summed E-state index contributed by atoms with van der Waals surface area (Å²) in [6, 6.07) is 10.8. The van der Waals surface area contributed by atoms with E-state index >= 15 is 0 Å². The molecule has 1 aromatic carbocycles. The minimum absolute atomic E-state index is 0.716. The fraction of sp³-hybridized carbons (Fsp3) is 0.412. The standard InChI is InChI=1S/C17H21ClN2O/c1-20(11-14-4-2-3-5-16(14)18)12-17-13(8-9-21-17)10-19-15-6-7-15/h2-5,8-9,15,19H,6-7,10-12H2,1H3. The number of hydrogen-bond acceptors (Lipinski definition) is 3. The number of halogens is 1. The van der Waals surface area contributed by atoms with Gasteiger partial charge in [-0.15, -0.1) is 0 Å². The van der Waals surface area contributed by atoms with Crippen LogP contribution in [0.2, 0.25) is 5.02 Å². The smallest absolute Gasteiger partial charge is 0.122 e. The van der Waals surface area contributed by atoms with Crippen LogP contribution in [0.15, 0.2) is 41.0 Å². The molecule has 21 heavy (non-hydrogen) atoms. The van der Waals surface area contributed by atoms with Gasteiger partial charge in [0, 0.05) is 29.7 Å². The van der Waals surface area contributed by atoms with Gasteiger partial charge in [-0.25, -0.2) is 0 Å². The first-order valence-corrected chi connectivity index (χ1v) is 7.81. The van der Waals surface area contributed by atoms with Crippen LogP contribution in [-0.2, 0) is 19.6 Å². The van der Waals surface area contributed by atoms with E-state index < -0.39 is 0 Å². The fourth-order valence-electron chi connectivity index (χ4n) is 2.42. The molecule has 0 unspecified atom stereocenters. The highest BCUT2D eigenvalue weighted by atomic mass is 35.5. The topological polar surface area (TPSA) is 28.4 Å². The summed E-state index contributed by atoms with van der Waals surface area (Å²) in [7, 11) is 2.09. The predicted molar refractivity (Wildman–Crippen MR) is 85.2 cm³/mol. The van der Waals surface area contributed by atoms with E-state index in [2.05, 4.69) is 29.4 Å². The molecule has 2 aromatic rings. The molecule has 0 amide bonds. The number of furan rings is 1. The first-order valence-electron chi connectivity index (χ1n) is 7.43. The van der Waals surface area contributed by atoms with E-state index in [1.54, 1.807) is 6.26 Å². The van der Waals surface area contributed by atoms with Crippen LogP contribution in [0, 0.1) is 0 Å². The normalized spacial score (nSPS) is 14.8. The van der Waals surface area contributed by atoms with E-state index in [9.17, 15) is 0 Å². The SMILES string of the molecule is CN(Cc1ccccc1Cl)Cc1occc1CNC1CC1. The van der Waals surface area contributed by atoms with Crippen molar-refractivity contribution in [2.45, 2.75) is 38.5 Å². The lowest BCUT2D eigenvalue weighted by molar-refractivity contribution is 0.286. The largest absolute Gasteiger partial charge is 0.468 e. The number of rotatable bonds is 7. The Hall–Kier alpha value is -1.29. The first-order chi connectivity index (χ1) is 10.2. The summed E-state index contributed by atoms with van der Waals surface area (Å²) in [4.78, 5) is 2.22. The van der Waals surface area contributed by atoms with Crippen LogP contribution >= 0.6 is 11.6 Å². The Morgan fingerprint density at radius 1 is 1.19 bits per heavy atom. The third-order valence-electron chi connectivity index (χ3n) is 3.81. The van der Waals surface area contributed by atoms with Crippen molar-refractivity contribution < 1.29 is 4.42 Å². The van der Waals surface area contributed by atoms with Crippen molar-refractivity contribution in [3.63, 3.8) is 0 Å². The van der Waals surface area contributed by atoms with Gasteiger partial charge in [0.25, 0.3) is 0 Å². The lowest BCUT2D eigenvalue weighted by Gasteiger charge is -2.17. The molecular weight excluding hydrogens is 284 g/mol. The third-order valence-corrected chi connectivity index (χ3v) is 4.18. The molecule has 1 aromatic heterocycles. The summed E-state index contributed by atoms with van der Waals surface area (Å²) in [5.74, 6) is 1.04. The van der Waals surface area contributed by atoms with Crippen LogP contribution in [-0.4, -0.2) is 18.0 Å². The third kappa shape index (κ3) is 4.10. The average molecular weight is 305 g/mol. The molecule has 0 radical (unpaired) electrons. The number of nitrogens with one attached hydrogen (secondary N) is 1. The highest BCUT2D eigenvalue weighted by Crippen LogP contribution is 2.21. The molecule has 0 spiro atoms. The van der Waals surface area contributed by atoms with Crippen LogP contribution in [0.4, 0.5) is 0 Å². The summed E-state index contributed by atoms with van der Waals surface area (Å²) >= 11 is 6.21. The summed E-state index contributed by atoms with van der Waals surface area (Å²) in [6.07, 6.45) is 4.39. The van der Waals surface area contributed by atoms with Crippen LogP contribution < -0.4 is 5.32 Å². The molecule has 112 valence electrons. The van der Waals surface area contributed by atoms with E-state index in [0.717, 1.165) is 36.0 Å². The summed E-state index contributed by atoms with van der Waals surface area (Å²) in [6.45, 7) is 2.51. The maximum absolute atomic E-state index is 6.21. The molecule has 1 fully saturated rings. The number of benzene rings is 1. The lowest BCUT2D eigenvalue weighted by Crippen LogP contribution is -2.20. The maximum Gasteiger partial charge on any atom is 0.122 e. The molecule has 0 bridgehead atoms. The Morgan fingerprint density at radius 2 is 2.00 bits per heavy atom. The number of nitrogens with zero attached hydrogens (tertiary/aromatic N) is 1. The summed E-state index contributed by atoms with van der Waals surface area (Å²) < 4.78 is 5.64. The molecule has 0 atom stereocenters. The van der Waals surface area contributed by atoms with Gasteiger partial charge in [0.2, 0.25) is 0 Å². The minimum Gasteiger partial charge on any atom is -0.468 e. The zero-order valence-electron chi connectivity index (χ0n) is 12.3. The van der Waals surface area contributed by atoms with Crippen molar-refractivity contribution in [1.29, 1.82) is 0 Å². The number of hydrogen-bond donors (Lipinski definition) is 1. The first kappa shape index (κ1) is 14.6. The van der Waals surface area contributed by atoms with E-state index in [1.165, 1.54) is 18.4 Å². The molecule has 0 aliphatic heterocycles. The second kappa shape index (κ2) is 6.65. The summed E-state index contributed by atoms with van der Waals surface area (Å²) in [5.41, 5.74) is 2.40. The molecule has 1 aliphatic carbocycles. The molecule has 3 rings (SSSR count). The van der Waals surface area contributed by atoms with Crippen LogP contribution in [0.5, 0.6) is 0 Å². The molecule has 4 heteroatoms. The van der Waals surface area contributed by atoms with Crippen molar-refractivity contribution in [3.8, 4) is 0 Å². The predicted octanol–water partition coefficient (Wildman–Crippen LogP) is 3.82. The molecule has 1 N–H and O–H groups in total. The van der Waals surface area contributed by atoms with E-state index in [1.807, 2.05) is 18.2 Å². The minimum atomic E-state index is 0.716. The van der Waals surface area contributed by atoms with Crippen LogP contribution in [0.1, 0.15) is 29.7 Å². The molecule has 1 aliphatic rings. The summed E-state index contributed by atoms with van der Waals surface area (Å²) in [5, 5.41) is 4.35. The highest BCUT2D eigenvalue weighted by molar-refractivity contribution is 6.31. The fourth-order valence-corrected chi connectivity index (χ4v) is 2.62. The monoisotopic (exact) mass is 304 g/mol. The maximum atomic E-state index is 6.21. The lowest BCUT2D eigenvalue weighted by atomic mass is 10.2. The zero-order valence-corrected chi connectivity index (χ0v) is 13.1. The van der Waals surface area contributed by atoms with Crippen molar-refractivity contribution in [3.05, 3.63) is 58.5 Å². The second-order valence-corrected chi connectivity index (χ2v) is 6.20. The van der Waals surface area contributed by atoms with Gasteiger partial charge in [-0.1, -0.05) is 29.8 Å². The van der Waals surface area contributed by atoms with Crippen LogP contribution in [0.25, 0.3) is 0 Å². The Bertz CT molecular complexity index is 592. The van der Waals surface area contributed by atoms with Crippen molar-refractivity contribution in [2.24, 2.45) is 0 Å². The Kier molecular flexibility index (Phi) is 4.63. The molecule has 0 saturated heterocycles. The van der Waals surface area contributed by atoms with Gasteiger partial charge >= 0.3 is 0 Å². The van der Waals surface area contributed by atoms with Gasteiger partial charge < -0.3 is 9.73 Å². The second-order valence-electron chi connectivity index (χ2n) is 5.79. The quantitative estimate of drug-likeness (QED) is 0.843. The van der Waals surface area contributed by atoms with Gasteiger partial charge in [0.1, 0.15) is 5.76 Å². The Balaban J connectivity index is 1.58. The van der Waals surface area contributed by atoms with Crippen molar-refractivity contribution >= 4 is 11.6 Å². The van der Waals surface area contributed by atoms with Crippen molar-refractivity contribution in [1.82, 2.24) is 10.2 Å². The van der Waals surface area contributed by atoms with Gasteiger partial charge in [-0.05, 0) is 37.6 Å². The Morgan fingerprint density at radius 3 is 2.76 bits per heavy atom. The van der Waals surface area contributed by atoms with Gasteiger partial charge in [-0.3, -0.25) is 4.90 Å². The van der Waals surface area contributed by atoms with E-state index in [-0.39, 0.29) is 0 Å².